The van der Waals surface area contributed by atoms with Gasteiger partial charge in [0.15, 0.2) is 5.82 Å². The number of carbonyl (C=O) groups excluding carboxylic acids is 2. The third-order valence-corrected chi connectivity index (χ3v) is 7.85. The van der Waals surface area contributed by atoms with Crippen LogP contribution < -0.4 is 4.90 Å². The normalized spacial score (nSPS) is 17.3. The van der Waals surface area contributed by atoms with Crippen LogP contribution in [-0.2, 0) is 9.59 Å². The van der Waals surface area contributed by atoms with Crippen molar-refractivity contribution in [2.45, 2.75) is 52.6 Å². The number of carbonyl (C=O) groups is 2. The lowest BCUT2D eigenvalue weighted by Gasteiger charge is -2.46. The van der Waals surface area contributed by atoms with E-state index in [1.807, 2.05) is 34.6 Å². The maximum absolute atomic E-state index is 15.1. The first-order chi connectivity index (χ1) is 20.4. The predicted molar refractivity (Wildman–Crippen MR) is 168 cm³/mol. The average Bonchev–Trinajstić information content (AvgIpc) is 2.96. The van der Waals surface area contributed by atoms with Crippen LogP contribution in [0.4, 0.5) is 15.9 Å². The van der Waals surface area contributed by atoms with Gasteiger partial charge in [0.05, 0.1) is 33.2 Å². The van der Waals surface area contributed by atoms with E-state index in [1.54, 1.807) is 30.3 Å². The summed E-state index contributed by atoms with van der Waals surface area (Å²) in [5.74, 6) is -0.647. The molecule has 0 saturated carbocycles. The maximum atomic E-state index is 15.1. The molecule has 1 fully saturated rings. The second-order valence-electron chi connectivity index (χ2n) is 10.9. The SMILES string of the molecule is C=CC(=O)N1CC(C)N(/C(=N/C)c2cc(Cl)c(-c3c(O)cccc3F)nc2N(C=O)c2c(C)ccnc2C(C)C)[C@@H](C)C1. The highest BCUT2D eigenvalue weighted by Gasteiger charge is 2.36. The van der Waals surface area contributed by atoms with Crippen LogP contribution in [0.25, 0.3) is 11.3 Å². The van der Waals surface area contributed by atoms with Crippen LogP contribution in [0.3, 0.4) is 0 Å². The first kappa shape index (κ1) is 31.6. The molecule has 11 heteroatoms. The van der Waals surface area contributed by atoms with Gasteiger partial charge in [-0.2, -0.15) is 0 Å². The number of pyridine rings is 2. The monoisotopic (exact) mass is 606 g/mol. The van der Waals surface area contributed by atoms with Gasteiger partial charge in [0.2, 0.25) is 12.3 Å². The van der Waals surface area contributed by atoms with Gasteiger partial charge in [-0.3, -0.25) is 24.5 Å². The molecule has 4 rings (SSSR count). The van der Waals surface area contributed by atoms with Crippen molar-refractivity contribution < 1.29 is 19.1 Å². The maximum Gasteiger partial charge on any atom is 0.246 e. The molecule has 0 spiro atoms. The van der Waals surface area contributed by atoms with Crippen molar-refractivity contribution in [2.75, 3.05) is 25.0 Å². The molecule has 0 aliphatic carbocycles. The number of anilines is 2. The predicted octanol–water partition coefficient (Wildman–Crippen LogP) is 5.85. The van der Waals surface area contributed by atoms with Crippen LogP contribution in [0.1, 0.15) is 50.4 Å². The number of aromatic nitrogens is 2. The molecule has 1 aromatic carbocycles. The molecule has 0 radical (unpaired) electrons. The Bertz CT molecular complexity index is 1560. The third-order valence-electron chi connectivity index (χ3n) is 7.56. The second kappa shape index (κ2) is 12.9. The van der Waals surface area contributed by atoms with Crippen LogP contribution >= 0.6 is 11.6 Å². The fourth-order valence-corrected chi connectivity index (χ4v) is 5.94. The first-order valence-electron chi connectivity index (χ1n) is 14.0. The molecule has 1 aliphatic rings. The van der Waals surface area contributed by atoms with Crippen molar-refractivity contribution in [3.63, 3.8) is 0 Å². The smallest absolute Gasteiger partial charge is 0.246 e. The van der Waals surface area contributed by atoms with Crippen LogP contribution in [0.5, 0.6) is 5.75 Å². The number of halogens is 2. The summed E-state index contributed by atoms with van der Waals surface area (Å²) >= 11 is 6.79. The van der Waals surface area contributed by atoms with Gasteiger partial charge in [0.25, 0.3) is 0 Å². The molecule has 2 atom stereocenters. The zero-order valence-corrected chi connectivity index (χ0v) is 25.9. The summed E-state index contributed by atoms with van der Waals surface area (Å²) < 4.78 is 15.1. The Morgan fingerprint density at radius 1 is 1.26 bits per heavy atom. The summed E-state index contributed by atoms with van der Waals surface area (Å²) in [6.07, 6.45) is 3.62. The van der Waals surface area contributed by atoms with Crippen molar-refractivity contribution >= 4 is 41.3 Å². The summed E-state index contributed by atoms with van der Waals surface area (Å²) in [5.41, 5.74) is 2.17. The number of phenols is 1. The molecule has 1 N–H and O–H groups in total. The first-order valence-corrected chi connectivity index (χ1v) is 14.4. The molecule has 9 nitrogen and oxygen atoms in total. The fourth-order valence-electron chi connectivity index (χ4n) is 5.69. The number of rotatable bonds is 7. The minimum absolute atomic E-state index is 0.0338. The lowest BCUT2D eigenvalue weighted by molar-refractivity contribution is -0.129. The Labute approximate surface area is 256 Å². The zero-order chi connectivity index (χ0) is 31.6. The lowest BCUT2D eigenvalue weighted by atomic mass is 10.0. The van der Waals surface area contributed by atoms with Crippen molar-refractivity contribution in [3.8, 4) is 17.0 Å². The van der Waals surface area contributed by atoms with Crippen LogP contribution in [0.2, 0.25) is 5.02 Å². The molecule has 0 bridgehead atoms. The van der Waals surface area contributed by atoms with E-state index in [4.69, 9.17) is 16.6 Å². The summed E-state index contributed by atoms with van der Waals surface area (Å²) in [5, 5.41) is 10.7. The molecule has 1 aliphatic heterocycles. The summed E-state index contributed by atoms with van der Waals surface area (Å²) in [6.45, 7) is 14.2. The molecule has 2 amide bonds. The number of amidine groups is 1. The van der Waals surface area contributed by atoms with Crippen molar-refractivity contribution in [2.24, 2.45) is 4.99 Å². The van der Waals surface area contributed by atoms with Gasteiger partial charge in [-0.1, -0.05) is 38.1 Å². The van der Waals surface area contributed by atoms with Gasteiger partial charge in [0, 0.05) is 38.4 Å². The summed E-state index contributed by atoms with van der Waals surface area (Å²) in [4.78, 5) is 44.6. The number of aryl methyl sites for hydroxylation is 1. The molecule has 1 unspecified atom stereocenters. The highest BCUT2D eigenvalue weighted by atomic mass is 35.5. The molecule has 1 saturated heterocycles. The zero-order valence-electron chi connectivity index (χ0n) is 25.2. The van der Waals surface area contributed by atoms with E-state index in [0.29, 0.717) is 42.3 Å². The van der Waals surface area contributed by atoms with Gasteiger partial charge in [0.1, 0.15) is 17.4 Å². The number of hydrogen-bond donors (Lipinski definition) is 1. The van der Waals surface area contributed by atoms with E-state index in [-0.39, 0.29) is 51.8 Å². The van der Waals surface area contributed by atoms with Crippen LogP contribution in [0.15, 0.2) is 54.2 Å². The molecule has 226 valence electrons. The van der Waals surface area contributed by atoms with Gasteiger partial charge < -0.3 is 14.9 Å². The Kier molecular flexibility index (Phi) is 9.49. The number of benzene rings is 1. The minimum Gasteiger partial charge on any atom is -0.507 e. The fraction of sp³-hybridized carbons (Fsp3) is 0.344. The number of aromatic hydroxyl groups is 1. The Hall–Kier alpha value is -4.31. The number of aliphatic imine (C=N–C) groups is 1. The van der Waals surface area contributed by atoms with Crippen LogP contribution in [0, 0.1) is 12.7 Å². The molecule has 43 heavy (non-hydrogen) atoms. The standard InChI is InChI=1S/C32H36ClFN6O3/c1-8-26(43)38-15-20(5)40(21(6)16-38)31(35-7)22-14-23(33)29(27-24(34)10-9-11-25(27)42)37-32(22)39(17-41)30-19(4)12-13-36-28(30)18(2)3/h8-14,17-18,20-21,42H,1,15-16H2,2-7H3/b35-31+/t20-,21?/m0/s1. The van der Waals surface area contributed by atoms with Gasteiger partial charge in [-0.25, -0.2) is 9.37 Å². The average molecular weight is 607 g/mol. The lowest BCUT2D eigenvalue weighted by Crippen LogP contribution is -2.59. The molecule has 3 aromatic rings. The van der Waals surface area contributed by atoms with E-state index < -0.39 is 5.82 Å². The Balaban J connectivity index is 2.01. The van der Waals surface area contributed by atoms with E-state index in [2.05, 4.69) is 21.5 Å². The highest BCUT2D eigenvalue weighted by molar-refractivity contribution is 6.33. The number of piperazine rings is 1. The van der Waals surface area contributed by atoms with E-state index >= 15 is 4.39 Å². The van der Waals surface area contributed by atoms with Gasteiger partial charge in [-0.05, 0) is 62.6 Å². The number of phenolic OH excluding ortho intramolecular Hbond substituents is 1. The minimum atomic E-state index is -0.721. The molecule has 2 aromatic heterocycles. The van der Waals surface area contributed by atoms with Crippen molar-refractivity contribution in [1.82, 2.24) is 19.8 Å². The Morgan fingerprint density at radius 2 is 1.93 bits per heavy atom. The summed E-state index contributed by atoms with van der Waals surface area (Å²) in [7, 11) is 1.63. The molecule has 3 heterocycles. The van der Waals surface area contributed by atoms with Gasteiger partial charge in [-0.15, -0.1) is 0 Å². The summed E-state index contributed by atoms with van der Waals surface area (Å²) in [6, 6.07) is 6.96. The number of amides is 2. The second-order valence-corrected chi connectivity index (χ2v) is 11.3. The topological polar surface area (TPSA) is 102 Å². The quantitative estimate of drug-likeness (QED) is 0.157. The van der Waals surface area contributed by atoms with E-state index in [9.17, 15) is 14.7 Å². The largest absolute Gasteiger partial charge is 0.507 e. The van der Waals surface area contributed by atoms with E-state index in [0.717, 1.165) is 5.56 Å². The number of nitrogens with zero attached hydrogens (tertiary/aromatic N) is 6. The van der Waals surface area contributed by atoms with Gasteiger partial charge >= 0.3 is 0 Å². The van der Waals surface area contributed by atoms with Crippen LogP contribution in [-0.4, -0.2) is 75.2 Å². The van der Waals surface area contributed by atoms with Crippen molar-refractivity contribution in [1.29, 1.82) is 0 Å². The molecular weight excluding hydrogens is 571 g/mol. The Morgan fingerprint density at radius 3 is 2.49 bits per heavy atom. The highest BCUT2D eigenvalue weighted by Crippen LogP contribution is 2.41. The molecular formula is C32H36ClFN6O3. The number of hydrogen-bond acceptors (Lipinski definition) is 6. The van der Waals surface area contributed by atoms with E-state index in [1.165, 1.54) is 29.2 Å². The third kappa shape index (κ3) is 5.97. The van der Waals surface area contributed by atoms with Crippen molar-refractivity contribution in [3.05, 3.63) is 76.8 Å².